The number of benzene rings is 4. The average molecular weight is 1020 g/mol. The number of fused-ring (bicyclic) bond motifs is 2. The maximum Gasteiger partial charge on any atom is 0.407 e. The van der Waals surface area contributed by atoms with Gasteiger partial charge in [-0.15, -0.1) is 0 Å². The van der Waals surface area contributed by atoms with Crippen LogP contribution in [-0.4, -0.2) is 111 Å². The number of carbonyl (C=O) groups excluding carboxylic acids is 3. The lowest BCUT2D eigenvalue weighted by Gasteiger charge is -2.36. The van der Waals surface area contributed by atoms with E-state index < -0.39 is 35.9 Å². The van der Waals surface area contributed by atoms with Crippen LogP contribution in [0.1, 0.15) is 125 Å². The van der Waals surface area contributed by atoms with Crippen molar-refractivity contribution in [1.82, 2.24) is 40.4 Å². The van der Waals surface area contributed by atoms with E-state index in [1.54, 1.807) is 14.7 Å². The molecular weight excluding hydrogens is 951 g/mol. The Balaban J connectivity index is 0.981. The van der Waals surface area contributed by atoms with Crippen molar-refractivity contribution in [3.8, 4) is 0 Å². The predicted molar refractivity (Wildman–Crippen MR) is 274 cm³/mol. The van der Waals surface area contributed by atoms with Crippen LogP contribution < -0.4 is 20.4 Å². The number of rotatable bonds is 13. The lowest BCUT2D eigenvalue weighted by Crippen LogP contribution is -2.51. The highest BCUT2D eigenvalue weighted by molar-refractivity contribution is 5.87. The number of aromatic amines is 2. The number of morpholine rings is 1. The van der Waals surface area contributed by atoms with Crippen molar-refractivity contribution >= 4 is 57.4 Å². The number of anilines is 2. The molecule has 0 spiro atoms. The number of H-pyrrole nitrogens is 2. The van der Waals surface area contributed by atoms with Crippen LogP contribution in [0.4, 0.5) is 29.7 Å². The topological polar surface area (TPSA) is 201 Å². The summed E-state index contributed by atoms with van der Waals surface area (Å²) in [6.07, 6.45) is 1.85. The normalized spacial score (nSPS) is 22.0. The van der Waals surface area contributed by atoms with E-state index in [-0.39, 0.29) is 66.2 Å². The quantitative estimate of drug-likeness (QED) is 0.0738. The van der Waals surface area contributed by atoms with Crippen LogP contribution in [0.5, 0.6) is 0 Å². The summed E-state index contributed by atoms with van der Waals surface area (Å²) in [7, 11) is 1.27. The molecule has 2 aromatic heterocycles. The van der Waals surface area contributed by atoms with Crippen LogP contribution >= 0.6 is 0 Å². The van der Waals surface area contributed by atoms with E-state index in [9.17, 15) is 24.3 Å². The maximum absolute atomic E-state index is 16.9. The molecule has 6 aromatic rings. The minimum atomic E-state index is -1.26. The largest absolute Gasteiger partial charge is 0.465 e. The van der Waals surface area contributed by atoms with Crippen molar-refractivity contribution in [2.75, 3.05) is 49.7 Å². The number of hydrogen-bond donors (Lipinski definition) is 5. The predicted octanol–water partition coefficient (Wildman–Crippen LogP) is 9.38. The molecule has 19 heteroatoms. The highest BCUT2D eigenvalue weighted by atomic mass is 19.1. The van der Waals surface area contributed by atoms with Gasteiger partial charge in [-0.1, -0.05) is 70.2 Å². The number of nitrogens with one attached hydrogen (secondary N) is 4. The second-order valence-corrected chi connectivity index (χ2v) is 20.7. The van der Waals surface area contributed by atoms with E-state index in [0.29, 0.717) is 80.3 Å². The fourth-order valence-electron chi connectivity index (χ4n) is 11.7. The van der Waals surface area contributed by atoms with Gasteiger partial charge in [0.05, 0.1) is 60.0 Å². The van der Waals surface area contributed by atoms with Gasteiger partial charge in [-0.3, -0.25) is 9.59 Å². The molecule has 0 aliphatic carbocycles. The first kappa shape index (κ1) is 50.3. The van der Waals surface area contributed by atoms with Crippen molar-refractivity contribution in [3.63, 3.8) is 0 Å². The van der Waals surface area contributed by atoms with Crippen molar-refractivity contribution in [2.24, 2.45) is 11.8 Å². The van der Waals surface area contributed by atoms with Crippen molar-refractivity contribution in [3.05, 3.63) is 119 Å². The fraction of sp³-hybridized carbons (Fsp3) is 0.455. The zero-order chi connectivity index (χ0) is 51.9. The van der Waals surface area contributed by atoms with Gasteiger partial charge in [-0.05, 0) is 103 Å². The summed E-state index contributed by atoms with van der Waals surface area (Å²) < 4.78 is 44.6. The Hall–Kier alpha value is -7.28. The summed E-state index contributed by atoms with van der Waals surface area (Å²) >= 11 is 0. The summed E-state index contributed by atoms with van der Waals surface area (Å²) in [6, 6.07) is 21.4. The minimum Gasteiger partial charge on any atom is -0.465 e. The van der Waals surface area contributed by atoms with E-state index >= 15 is 8.78 Å². The van der Waals surface area contributed by atoms with Crippen LogP contribution in [0.25, 0.3) is 22.1 Å². The Bertz CT molecular complexity index is 3030. The van der Waals surface area contributed by atoms with Gasteiger partial charge >= 0.3 is 12.2 Å². The molecule has 4 saturated heterocycles. The number of amides is 4. The lowest BCUT2D eigenvalue weighted by molar-refractivity contribution is -0.136. The molecule has 4 aliphatic rings. The molecule has 7 atom stereocenters. The molecule has 5 N–H and O–H groups in total. The first-order chi connectivity index (χ1) is 35.7. The molecule has 390 valence electrons. The third-order valence-electron chi connectivity index (χ3n) is 15.4. The number of halogens is 2. The zero-order valence-electron chi connectivity index (χ0n) is 42.3. The molecule has 74 heavy (non-hydrogen) atoms. The first-order valence-corrected chi connectivity index (χ1v) is 25.8. The minimum absolute atomic E-state index is 0.0961. The fourth-order valence-corrected chi connectivity index (χ4v) is 11.7. The monoisotopic (exact) mass is 1010 g/mol. The number of nitrogens with zero attached hydrogens (tertiary/aromatic N) is 6. The van der Waals surface area contributed by atoms with Crippen LogP contribution in [0.3, 0.4) is 0 Å². The molecular formula is C55H64F2N10O7. The molecule has 4 aliphatic heterocycles. The number of hydrogen-bond acceptors (Lipinski definition) is 10. The van der Waals surface area contributed by atoms with E-state index in [0.717, 1.165) is 40.6 Å². The van der Waals surface area contributed by atoms with Gasteiger partial charge in [0.25, 0.3) is 0 Å². The second-order valence-electron chi connectivity index (χ2n) is 20.7. The van der Waals surface area contributed by atoms with E-state index in [4.69, 9.17) is 19.4 Å². The molecule has 4 aromatic carbocycles. The SMILES string of the molecule is COC(=O)N[C@H](C(=O)N1CCC[C@H]1c1nc2ccc([C@H]3CC[C@H](c4ccc5nc([C@@H]6CCCN6C(=O)[C@@H](NC(=O)O)C(C)C)[nH]c5c4)N3c3cc(F)c(N4CCOC(c5ccccc5)C4)c(F)c3)cc2[nH]1)C(C)C. The van der Waals surface area contributed by atoms with Gasteiger partial charge < -0.3 is 54.8 Å². The third kappa shape index (κ3) is 9.80. The van der Waals surface area contributed by atoms with Crippen LogP contribution in [-0.2, 0) is 19.1 Å². The lowest BCUT2D eigenvalue weighted by atomic mass is 10.0. The number of likely N-dealkylation sites (tertiary alicyclic amines) is 2. The highest BCUT2D eigenvalue weighted by Gasteiger charge is 2.41. The Kier molecular flexibility index (Phi) is 14.2. The summed E-state index contributed by atoms with van der Waals surface area (Å²) in [6.45, 7) is 9.27. The van der Waals surface area contributed by atoms with Crippen molar-refractivity contribution in [2.45, 2.75) is 109 Å². The van der Waals surface area contributed by atoms with Gasteiger partial charge in [0.1, 0.15) is 35.5 Å². The molecule has 1 unspecified atom stereocenters. The van der Waals surface area contributed by atoms with Gasteiger partial charge in [0.15, 0.2) is 11.6 Å². The molecule has 0 radical (unpaired) electrons. The Morgan fingerprint density at radius 3 is 1.72 bits per heavy atom. The Morgan fingerprint density at radius 1 is 0.689 bits per heavy atom. The molecule has 4 amide bonds. The van der Waals surface area contributed by atoms with E-state index in [2.05, 4.69) is 25.5 Å². The van der Waals surface area contributed by atoms with Gasteiger partial charge in [-0.2, -0.15) is 0 Å². The first-order valence-electron chi connectivity index (χ1n) is 25.8. The number of carbonyl (C=O) groups is 4. The summed E-state index contributed by atoms with van der Waals surface area (Å²) in [5, 5.41) is 14.6. The van der Waals surface area contributed by atoms with Gasteiger partial charge in [-0.25, -0.2) is 28.3 Å². The summed E-state index contributed by atoms with van der Waals surface area (Å²) in [5.74, 6) is -1.05. The third-order valence-corrected chi connectivity index (χ3v) is 15.4. The number of carboxylic acid groups (broad SMARTS) is 1. The van der Waals surface area contributed by atoms with Crippen LogP contribution in [0.15, 0.2) is 78.9 Å². The number of methoxy groups -OCH3 is 1. The Morgan fingerprint density at radius 2 is 1.22 bits per heavy atom. The number of aromatic nitrogens is 4. The molecule has 4 fully saturated rings. The smallest absolute Gasteiger partial charge is 0.407 e. The second kappa shape index (κ2) is 20.9. The maximum atomic E-state index is 16.9. The standard InChI is InChI=1S/C55H64F2N10O7/c1-30(2)47(62-54(70)71)52(68)65-21-9-13-44(65)50-58-38-17-15-33(25-40(38)60-50)42-19-20-43(67(42)35-27-36(56)49(37(57)28-35)64-23-24-74-46(29-64)32-11-7-6-8-12-32)34-16-18-39-41(26-34)61-51(59-39)45-14-10-22-66(45)53(69)48(31(3)4)63-55(72)73-5/h6-8,11-12,15-18,25-28,30-31,42-48,62H,9-10,13-14,19-24,29H2,1-5H3,(H,58,60)(H,59,61)(H,63,72)(H,70,71)/t42-,43-,44+,45+,46?,47+,48+/m1/s1. The van der Waals surface area contributed by atoms with Crippen LogP contribution in [0, 0.1) is 23.5 Å². The van der Waals surface area contributed by atoms with Crippen molar-refractivity contribution in [1.29, 1.82) is 0 Å². The van der Waals surface area contributed by atoms with E-state index in [1.165, 1.54) is 19.2 Å². The highest BCUT2D eigenvalue weighted by Crippen LogP contribution is 2.49. The van der Waals surface area contributed by atoms with Gasteiger partial charge in [0.2, 0.25) is 11.8 Å². The zero-order valence-corrected chi connectivity index (χ0v) is 42.3. The molecule has 6 heterocycles. The van der Waals surface area contributed by atoms with Crippen molar-refractivity contribution < 1.29 is 42.5 Å². The number of alkyl carbamates (subject to hydrolysis) is 1. The summed E-state index contributed by atoms with van der Waals surface area (Å²) in [5.41, 5.74) is 5.93. The molecule has 17 nitrogen and oxygen atoms in total. The summed E-state index contributed by atoms with van der Waals surface area (Å²) in [4.78, 5) is 75.9. The Labute approximate surface area is 428 Å². The molecule has 0 saturated carbocycles. The average Bonchev–Trinajstić information content (AvgIpc) is 4.25. The number of ether oxygens (including phenoxy) is 2. The number of imidazole rings is 2. The molecule has 10 rings (SSSR count). The van der Waals surface area contributed by atoms with Gasteiger partial charge in [0, 0.05) is 31.9 Å². The van der Waals surface area contributed by atoms with E-state index in [1.807, 2.05) is 94.4 Å². The van der Waals surface area contributed by atoms with Crippen LogP contribution in [0.2, 0.25) is 0 Å². The molecule has 0 bridgehead atoms.